The Morgan fingerprint density at radius 1 is 1.07 bits per heavy atom. The summed E-state index contributed by atoms with van der Waals surface area (Å²) in [6.45, 7) is 1.64. The Morgan fingerprint density at radius 3 is 2.74 bits per heavy atom. The van der Waals surface area contributed by atoms with Crippen LogP contribution in [0.1, 0.15) is 23.3 Å². The minimum Gasteiger partial charge on any atom is -0.336 e. The molecule has 0 saturated carbocycles. The fraction of sp³-hybridized carbons (Fsp3) is 0.444. The van der Waals surface area contributed by atoms with Crippen LogP contribution < -0.4 is 5.69 Å². The van der Waals surface area contributed by atoms with Gasteiger partial charge >= 0.3 is 5.69 Å². The molecule has 9 nitrogen and oxygen atoms in total. The van der Waals surface area contributed by atoms with Crippen molar-refractivity contribution in [2.75, 3.05) is 19.6 Å². The van der Waals surface area contributed by atoms with E-state index in [0.29, 0.717) is 25.3 Å². The van der Waals surface area contributed by atoms with Crippen molar-refractivity contribution in [3.05, 3.63) is 53.2 Å². The molecule has 2 aromatic heterocycles. The van der Waals surface area contributed by atoms with Crippen LogP contribution in [0.2, 0.25) is 0 Å². The summed E-state index contributed by atoms with van der Waals surface area (Å²) in [6, 6.07) is 1.58. The molecular weight excluding hydrogens is 348 g/mol. The third-order valence-electron chi connectivity index (χ3n) is 5.19. The normalized spacial score (nSPS) is 21.8. The number of carbonyl (C=O) groups excluding carboxylic acids is 2. The van der Waals surface area contributed by atoms with Gasteiger partial charge in [-0.1, -0.05) is 0 Å². The minimum absolute atomic E-state index is 0.0337. The molecule has 2 bridgehead atoms. The molecule has 5 rings (SSSR count). The van der Waals surface area contributed by atoms with Crippen molar-refractivity contribution in [3.8, 4) is 0 Å². The van der Waals surface area contributed by atoms with Gasteiger partial charge in [0, 0.05) is 50.5 Å². The van der Waals surface area contributed by atoms with Crippen LogP contribution in [-0.4, -0.2) is 66.8 Å². The summed E-state index contributed by atoms with van der Waals surface area (Å²) in [5.74, 6) is -0.0506. The average Bonchev–Trinajstić information content (AvgIpc) is 3.02. The number of hydrogen-bond acceptors (Lipinski definition) is 6. The van der Waals surface area contributed by atoms with Gasteiger partial charge in [0.05, 0.1) is 6.20 Å². The molecule has 140 valence electrons. The first-order valence-corrected chi connectivity index (χ1v) is 8.98. The highest BCUT2D eigenvalue weighted by Crippen LogP contribution is 2.28. The van der Waals surface area contributed by atoms with Gasteiger partial charge in [0.25, 0.3) is 5.91 Å². The second-order valence-corrected chi connectivity index (χ2v) is 6.97. The van der Waals surface area contributed by atoms with E-state index in [2.05, 4.69) is 15.0 Å². The van der Waals surface area contributed by atoms with Crippen molar-refractivity contribution >= 4 is 11.8 Å². The molecule has 0 aliphatic carbocycles. The van der Waals surface area contributed by atoms with Gasteiger partial charge in [-0.05, 0) is 24.8 Å². The number of aromatic nitrogens is 4. The van der Waals surface area contributed by atoms with Gasteiger partial charge in [-0.2, -0.15) is 0 Å². The molecule has 0 spiro atoms. The Kier molecular flexibility index (Phi) is 4.66. The number of piperidine rings is 1. The molecule has 0 unspecified atom stereocenters. The Labute approximate surface area is 155 Å². The zero-order valence-corrected chi connectivity index (χ0v) is 14.8. The second kappa shape index (κ2) is 7.26. The Hall–Kier alpha value is -3.10. The molecule has 3 aliphatic heterocycles. The standard InChI is InChI=1S/C18H20N6O3/c25-16(12-22-7-1-4-21-18(22)27)24-10-13-2-3-14(24)11-23(9-13)17(26)15-8-19-5-6-20-15/h1,4-8,13-14H,2-3,9-12H2/t13-,14+/m0/s1. The third kappa shape index (κ3) is 3.57. The van der Waals surface area contributed by atoms with Crippen molar-refractivity contribution in [2.45, 2.75) is 25.4 Å². The van der Waals surface area contributed by atoms with Crippen LogP contribution in [0, 0.1) is 5.92 Å². The van der Waals surface area contributed by atoms with E-state index in [1.807, 2.05) is 4.90 Å². The second-order valence-electron chi connectivity index (χ2n) is 6.97. The first-order valence-electron chi connectivity index (χ1n) is 8.98. The minimum atomic E-state index is -0.440. The van der Waals surface area contributed by atoms with E-state index in [1.54, 1.807) is 17.2 Å². The van der Waals surface area contributed by atoms with Gasteiger partial charge in [-0.25, -0.2) is 14.8 Å². The highest BCUT2D eigenvalue weighted by Gasteiger charge is 2.39. The van der Waals surface area contributed by atoms with Crippen molar-refractivity contribution in [1.82, 2.24) is 29.3 Å². The smallest absolute Gasteiger partial charge is 0.336 e. The highest BCUT2D eigenvalue weighted by atomic mass is 16.2. The third-order valence-corrected chi connectivity index (χ3v) is 5.19. The average molecular weight is 368 g/mol. The molecule has 2 aromatic rings. The van der Waals surface area contributed by atoms with Crippen LogP contribution in [0.4, 0.5) is 0 Å². The van der Waals surface area contributed by atoms with Gasteiger partial charge in [0.1, 0.15) is 12.2 Å². The molecule has 2 atom stereocenters. The molecule has 2 amide bonds. The summed E-state index contributed by atoms with van der Waals surface area (Å²) in [5.41, 5.74) is -0.121. The molecule has 0 radical (unpaired) electrons. The Bertz CT molecular complexity index is 899. The molecule has 3 fully saturated rings. The highest BCUT2D eigenvalue weighted by molar-refractivity contribution is 5.92. The topological polar surface area (TPSA) is 101 Å². The summed E-state index contributed by atoms with van der Waals surface area (Å²) in [7, 11) is 0. The van der Waals surface area contributed by atoms with Crippen molar-refractivity contribution in [1.29, 1.82) is 0 Å². The summed E-state index contributed by atoms with van der Waals surface area (Å²) >= 11 is 0. The lowest BCUT2D eigenvalue weighted by Gasteiger charge is -2.36. The maximum Gasteiger partial charge on any atom is 0.347 e. The van der Waals surface area contributed by atoms with Crippen LogP contribution in [0.15, 0.2) is 41.8 Å². The zero-order valence-electron chi connectivity index (χ0n) is 14.8. The van der Waals surface area contributed by atoms with Crippen molar-refractivity contribution in [2.24, 2.45) is 5.92 Å². The number of hydrogen-bond donors (Lipinski definition) is 0. The Morgan fingerprint density at radius 2 is 1.96 bits per heavy atom. The molecule has 3 aliphatic rings. The number of fused-ring (bicyclic) bond motifs is 4. The lowest BCUT2D eigenvalue weighted by atomic mass is 9.95. The predicted molar refractivity (Wildman–Crippen MR) is 94.7 cm³/mol. The molecular formula is C18H20N6O3. The Balaban J connectivity index is 1.50. The lowest BCUT2D eigenvalue weighted by Crippen LogP contribution is -2.49. The van der Waals surface area contributed by atoms with Crippen LogP contribution in [-0.2, 0) is 11.3 Å². The fourth-order valence-electron chi connectivity index (χ4n) is 3.87. The van der Waals surface area contributed by atoms with E-state index < -0.39 is 5.69 Å². The molecule has 9 heteroatoms. The first kappa shape index (κ1) is 17.3. The van der Waals surface area contributed by atoms with Gasteiger partial charge in [0.15, 0.2) is 0 Å². The number of amides is 2. The molecule has 5 heterocycles. The monoisotopic (exact) mass is 368 g/mol. The van der Waals surface area contributed by atoms with Crippen LogP contribution >= 0.6 is 0 Å². The molecule has 3 saturated heterocycles. The summed E-state index contributed by atoms with van der Waals surface area (Å²) < 4.78 is 1.31. The number of carbonyl (C=O) groups is 2. The van der Waals surface area contributed by atoms with Crippen molar-refractivity contribution in [3.63, 3.8) is 0 Å². The maximum atomic E-state index is 12.8. The van der Waals surface area contributed by atoms with Gasteiger partial charge < -0.3 is 9.80 Å². The summed E-state index contributed by atoms with van der Waals surface area (Å²) in [5, 5.41) is 0. The van der Waals surface area contributed by atoms with Gasteiger partial charge in [-0.3, -0.25) is 19.1 Å². The van der Waals surface area contributed by atoms with E-state index in [9.17, 15) is 14.4 Å². The molecule has 0 aromatic carbocycles. The maximum absolute atomic E-state index is 12.8. The van der Waals surface area contributed by atoms with E-state index in [0.717, 1.165) is 12.8 Å². The van der Waals surface area contributed by atoms with Crippen LogP contribution in [0.25, 0.3) is 0 Å². The summed E-state index contributed by atoms with van der Waals surface area (Å²) in [4.78, 5) is 52.7. The van der Waals surface area contributed by atoms with Gasteiger partial charge in [0.2, 0.25) is 5.91 Å². The lowest BCUT2D eigenvalue weighted by molar-refractivity contribution is -0.136. The predicted octanol–water partition coefficient (Wildman–Crippen LogP) is -0.203. The zero-order chi connectivity index (χ0) is 18.8. The number of nitrogens with zero attached hydrogens (tertiary/aromatic N) is 6. The van der Waals surface area contributed by atoms with E-state index >= 15 is 0 Å². The van der Waals surface area contributed by atoms with Crippen molar-refractivity contribution < 1.29 is 9.59 Å². The largest absolute Gasteiger partial charge is 0.347 e. The molecule has 0 N–H and O–H groups in total. The van der Waals surface area contributed by atoms with Crippen LogP contribution in [0.5, 0.6) is 0 Å². The quantitative estimate of drug-likeness (QED) is 0.743. The number of rotatable bonds is 3. The van der Waals surface area contributed by atoms with E-state index in [1.165, 1.54) is 29.4 Å². The summed E-state index contributed by atoms with van der Waals surface area (Å²) in [6.07, 6.45) is 9.30. The molecule has 27 heavy (non-hydrogen) atoms. The van der Waals surface area contributed by atoms with E-state index in [-0.39, 0.29) is 30.3 Å². The fourth-order valence-corrected chi connectivity index (χ4v) is 3.87. The van der Waals surface area contributed by atoms with Crippen LogP contribution in [0.3, 0.4) is 0 Å². The van der Waals surface area contributed by atoms with Gasteiger partial charge in [-0.15, -0.1) is 0 Å². The SMILES string of the molecule is O=C(c1cnccn1)N1C[C@@H]2CC[C@H](C1)N(C(=O)Cn1cccnc1=O)C2. The first-order chi connectivity index (χ1) is 13.1. The van der Waals surface area contributed by atoms with E-state index in [4.69, 9.17) is 0 Å².